The van der Waals surface area contributed by atoms with Crippen molar-refractivity contribution >= 4 is 33.3 Å². The van der Waals surface area contributed by atoms with Gasteiger partial charge < -0.3 is 9.72 Å². The summed E-state index contributed by atoms with van der Waals surface area (Å²) in [5.74, 6) is 0.586. The zero-order chi connectivity index (χ0) is 17.4. The Morgan fingerprint density at radius 2 is 2.32 bits per heavy atom. The van der Waals surface area contributed by atoms with E-state index in [1.165, 1.54) is 4.88 Å². The first-order valence-electron chi connectivity index (χ1n) is 8.35. The van der Waals surface area contributed by atoms with Gasteiger partial charge in [-0.25, -0.2) is 4.98 Å². The third-order valence-electron chi connectivity index (χ3n) is 4.55. The lowest BCUT2D eigenvalue weighted by molar-refractivity contribution is 0.102. The number of fused-ring (bicyclic) bond motifs is 2. The molecule has 0 saturated heterocycles. The number of aromatic nitrogens is 2. The van der Waals surface area contributed by atoms with Crippen LogP contribution in [-0.2, 0) is 13.0 Å². The van der Waals surface area contributed by atoms with Gasteiger partial charge in [0.1, 0.15) is 11.4 Å². The molecule has 2 N–H and O–H groups in total. The second-order valence-electron chi connectivity index (χ2n) is 6.10. The van der Waals surface area contributed by atoms with Gasteiger partial charge in [-0.1, -0.05) is 6.92 Å². The third kappa shape index (κ3) is 3.12. The van der Waals surface area contributed by atoms with Crippen molar-refractivity contribution in [1.82, 2.24) is 14.9 Å². The Hall–Kier alpha value is -2.38. The summed E-state index contributed by atoms with van der Waals surface area (Å²) in [5, 5.41) is 4.57. The first kappa shape index (κ1) is 16.1. The number of carbonyl (C=O) groups excluding carboxylic acids is 1. The predicted octanol–water partition coefficient (Wildman–Crippen LogP) is 3.26. The Morgan fingerprint density at radius 1 is 1.44 bits per heavy atom. The molecule has 1 aliphatic heterocycles. The highest BCUT2D eigenvalue weighted by molar-refractivity contribution is 7.15. The first-order chi connectivity index (χ1) is 12.2. The van der Waals surface area contributed by atoms with Crippen LogP contribution in [0, 0.1) is 0 Å². The van der Waals surface area contributed by atoms with E-state index in [1.807, 2.05) is 24.3 Å². The number of aromatic amines is 1. The minimum atomic E-state index is -0.173. The summed E-state index contributed by atoms with van der Waals surface area (Å²) >= 11 is 1.57. The molecule has 1 amide bonds. The highest BCUT2D eigenvalue weighted by Crippen LogP contribution is 2.29. The van der Waals surface area contributed by atoms with Crippen LogP contribution in [-0.4, -0.2) is 41.0 Å². The van der Waals surface area contributed by atoms with Crippen LogP contribution in [0.2, 0.25) is 0 Å². The minimum Gasteiger partial charge on any atom is -0.497 e. The highest BCUT2D eigenvalue weighted by Gasteiger charge is 2.21. The molecule has 3 aromatic rings. The Labute approximate surface area is 149 Å². The number of H-pyrrole nitrogens is 1. The van der Waals surface area contributed by atoms with Gasteiger partial charge in [0.05, 0.1) is 12.8 Å². The normalized spacial score (nSPS) is 14.5. The summed E-state index contributed by atoms with van der Waals surface area (Å²) in [6.07, 6.45) is 0.946. The molecule has 1 aromatic carbocycles. The largest absolute Gasteiger partial charge is 0.497 e. The molecule has 6 nitrogen and oxygen atoms in total. The summed E-state index contributed by atoms with van der Waals surface area (Å²) in [7, 11) is 1.63. The fourth-order valence-corrected chi connectivity index (χ4v) is 4.14. The molecule has 1 aliphatic rings. The van der Waals surface area contributed by atoms with Gasteiger partial charge in [0.2, 0.25) is 0 Å². The molecule has 0 fully saturated rings. The number of ether oxygens (including phenoxy) is 1. The lowest BCUT2D eigenvalue weighted by Gasteiger charge is -2.23. The Kier molecular flexibility index (Phi) is 4.19. The monoisotopic (exact) mass is 356 g/mol. The van der Waals surface area contributed by atoms with Crippen molar-refractivity contribution in [2.45, 2.75) is 19.9 Å². The molecule has 4 rings (SSSR count). The van der Waals surface area contributed by atoms with Crippen LogP contribution in [0.15, 0.2) is 24.3 Å². The summed E-state index contributed by atoms with van der Waals surface area (Å²) < 4.78 is 5.22. The summed E-state index contributed by atoms with van der Waals surface area (Å²) in [4.78, 5) is 23.9. The van der Waals surface area contributed by atoms with E-state index in [0.29, 0.717) is 10.8 Å². The number of amides is 1. The molecule has 0 atom stereocenters. The summed E-state index contributed by atoms with van der Waals surface area (Å²) in [6.45, 7) is 5.16. The number of hydrogen-bond acceptors (Lipinski definition) is 5. The number of methoxy groups -OCH3 is 1. The van der Waals surface area contributed by atoms with E-state index in [4.69, 9.17) is 4.74 Å². The number of benzene rings is 1. The quantitative estimate of drug-likeness (QED) is 0.753. The topological polar surface area (TPSA) is 70.2 Å². The van der Waals surface area contributed by atoms with Crippen molar-refractivity contribution in [2.24, 2.45) is 0 Å². The molecule has 130 valence electrons. The number of nitrogens with one attached hydrogen (secondary N) is 2. The fourth-order valence-electron chi connectivity index (χ4n) is 3.09. The molecule has 3 heterocycles. The first-order valence-corrected chi connectivity index (χ1v) is 9.17. The van der Waals surface area contributed by atoms with Crippen LogP contribution < -0.4 is 10.1 Å². The molecule has 0 unspecified atom stereocenters. The van der Waals surface area contributed by atoms with Gasteiger partial charge in [0.15, 0.2) is 5.13 Å². The number of thiazole rings is 1. The van der Waals surface area contributed by atoms with Crippen molar-refractivity contribution < 1.29 is 9.53 Å². The summed E-state index contributed by atoms with van der Waals surface area (Å²) in [5.41, 5.74) is 2.51. The maximum atomic E-state index is 12.6. The van der Waals surface area contributed by atoms with Gasteiger partial charge in [-0.3, -0.25) is 15.0 Å². The predicted molar refractivity (Wildman–Crippen MR) is 99.6 cm³/mol. The Bertz CT molecular complexity index is 930. The smallest absolute Gasteiger partial charge is 0.273 e. The number of nitrogens with zero attached hydrogens (tertiary/aromatic N) is 2. The molecule has 0 saturated carbocycles. The minimum absolute atomic E-state index is 0.173. The number of likely N-dealkylation sites (N-methyl/N-ethyl adjacent to an activating group) is 1. The molecule has 0 aliphatic carbocycles. The van der Waals surface area contributed by atoms with E-state index >= 15 is 0 Å². The van der Waals surface area contributed by atoms with Gasteiger partial charge in [0.25, 0.3) is 5.91 Å². The molecule has 0 spiro atoms. The lowest BCUT2D eigenvalue weighted by atomic mass is 10.2. The van der Waals surface area contributed by atoms with Crippen LogP contribution in [0.3, 0.4) is 0 Å². The van der Waals surface area contributed by atoms with Gasteiger partial charge in [-0.15, -0.1) is 11.3 Å². The number of rotatable bonds is 4. The molecule has 2 aromatic heterocycles. The molecule has 25 heavy (non-hydrogen) atoms. The van der Waals surface area contributed by atoms with E-state index < -0.39 is 0 Å². The van der Waals surface area contributed by atoms with E-state index in [9.17, 15) is 4.79 Å². The van der Waals surface area contributed by atoms with Crippen LogP contribution in [0.25, 0.3) is 10.9 Å². The van der Waals surface area contributed by atoms with Crippen molar-refractivity contribution in [3.05, 3.63) is 40.5 Å². The van der Waals surface area contributed by atoms with Crippen LogP contribution >= 0.6 is 11.3 Å². The van der Waals surface area contributed by atoms with Crippen molar-refractivity contribution in [1.29, 1.82) is 0 Å². The van der Waals surface area contributed by atoms with Gasteiger partial charge in [0, 0.05) is 41.4 Å². The number of hydrogen-bond donors (Lipinski definition) is 2. The van der Waals surface area contributed by atoms with Crippen LogP contribution in [0.1, 0.15) is 28.0 Å². The highest BCUT2D eigenvalue weighted by atomic mass is 32.1. The van der Waals surface area contributed by atoms with Crippen molar-refractivity contribution in [3.8, 4) is 5.75 Å². The maximum absolute atomic E-state index is 12.6. The Balaban J connectivity index is 1.53. The molecular weight excluding hydrogens is 336 g/mol. The second kappa shape index (κ2) is 6.50. The van der Waals surface area contributed by atoms with Gasteiger partial charge in [-0.2, -0.15) is 0 Å². The number of anilines is 1. The lowest BCUT2D eigenvalue weighted by Crippen LogP contribution is -2.29. The molecule has 0 radical (unpaired) electrons. The van der Waals surface area contributed by atoms with Gasteiger partial charge >= 0.3 is 0 Å². The van der Waals surface area contributed by atoms with Gasteiger partial charge in [-0.05, 0) is 24.7 Å². The zero-order valence-electron chi connectivity index (χ0n) is 14.3. The van der Waals surface area contributed by atoms with Crippen LogP contribution in [0.4, 0.5) is 5.13 Å². The van der Waals surface area contributed by atoms with E-state index in [-0.39, 0.29) is 5.91 Å². The fraction of sp³-hybridized carbons (Fsp3) is 0.333. The maximum Gasteiger partial charge on any atom is 0.273 e. The van der Waals surface area contributed by atoms with Crippen molar-refractivity contribution in [3.63, 3.8) is 0 Å². The average Bonchev–Trinajstić information content (AvgIpc) is 3.23. The Morgan fingerprint density at radius 3 is 3.12 bits per heavy atom. The molecular formula is C18H20N4O2S. The summed E-state index contributed by atoms with van der Waals surface area (Å²) in [6, 6.07) is 7.54. The van der Waals surface area contributed by atoms with Crippen molar-refractivity contribution in [2.75, 3.05) is 25.5 Å². The average molecular weight is 356 g/mol. The van der Waals surface area contributed by atoms with E-state index in [0.717, 1.165) is 48.4 Å². The molecule has 7 heteroatoms. The SMILES string of the molecule is CCN1CCc2nc(NC(=O)c3cc4ccc(OC)cc4[nH]3)sc2C1. The number of carbonyl (C=O) groups is 1. The van der Waals surface area contributed by atoms with E-state index in [2.05, 4.69) is 27.1 Å². The third-order valence-corrected chi connectivity index (χ3v) is 5.55. The molecule has 0 bridgehead atoms. The van der Waals surface area contributed by atoms with Crippen LogP contribution in [0.5, 0.6) is 5.75 Å². The zero-order valence-corrected chi connectivity index (χ0v) is 15.1. The standard InChI is InChI=1S/C18H20N4O2S/c1-3-22-7-6-13-16(10-22)25-18(20-13)21-17(23)15-8-11-4-5-12(24-2)9-14(11)19-15/h4-5,8-9,19H,3,6-7,10H2,1-2H3,(H,20,21,23). The van der Waals surface area contributed by atoms with E-state index in [1.54, 1.807) is 18.4 Å². The second-order valence-corrected chi connectivity index (χ2v) is 7.18.